The maximum absolute atomic E-state index is 11.5. The maximum atomic E-state index is 11.5. The highest BCUT2D eigenvalue weighted by molar-refractivity contribution is 6.31. The number of carboxylic acid groups (broad SMARTS) is 1. The Morgan fingerprint density at radius 3 is 3.00 bits per heavy atom. The van der Waals surface area contributed by atoms with Crippen LogP contribution in [0.25, 0.3) is 0 Å². The Morgan fingerprint density at radius 1 is 1.74 bits per heavy atom. The second-order valence-electron chi connectivity index (χ2n) is 5.21. The largest absolute Gasteiger partial charge is 0.480 e. The molecular formula is C13H20ClN3O2. The maximum Gasteiger partial charge on any atom is 0.324 e. The lowest BCUT2D eigenvalue weighted by molar-refractivity contribution is -0.146. The zero-order chi connectivity index (χ0) is 14.0. The first-order valence-electron chi connectivity index (χ1n) is 6.61. The van der Waals surface area contributed by atoms with E-state index in [2.05, 4.69) is 10.4 Å². The summed E-state index contributed by atoms with van der Waals surface area (Å²) in [6.07, 6.45) is 5.03. The van der Waals surface area contributed by atoms with Crippen LogP contribution in [-0.4, -0.2) is 33.4 Å². The van der Waals surface area contributed by atoms with Crippen molar-refractivity contribution in [2.75, 3.05) is 7.05 Å². The van der Waals surface area contributed by atoms with Gasteiger partial charge < -0.3 is 10.4 Å². The van der Waals surface area contributed by atoms with Crippen LogP contribution in [0.2, 0.25) is 5.02 Å². The highest BCUT2D eigenvalue weighted by Gasteiger charge is 2.47. The Labute approximate surface area is 117 Å². The number of likely N-dealkylation sites (N-methyl/N-ethyl adjacent to an activating group) is 1. The number of carboxylic acids is 1. The molecule has 1 aliphatic carbocycles. The lowest BCUT2D eigenvalue weighted by atomic mass is 9.85. The number of rotatable bonds is 5. The summed E-state index contributed by atoms with van der Waals surface area (Å²) in [6.45, 7) is 2.63. The van der Waals surface area contributed by atoms with E-state index in [1.807, 2.05) is 11.6 Å². The van der Waals surface area contributed by atoms with Gasteiger partial charge in [0.2, 0.25) is 0 Å². The third-order valence-electron chi connectivity index (χ3n) is 4.38. The Balaban J connectivity index is 2.06. The highest BCUT2D eigenvalue weighted by Crippen LogP contribution is 2.38. The van der Waals surface area contributed by atoms with Crippen LogP contribution >= 0.6 is 11.6 Å². The van der Waals surface area contributed by atoms with Gasteiger partial charge in [-0.25, -0.2) is 0 Å². The summed E-state index contributed by atoms with van der Waals surface area (Å²) in [4.78, 5) is 11.5. The van der Waals surface area contributed by atoms with Gasteiger partial charge in [-0.1, -0.05) is 18.0 Å². The molecule has 1 fully saturated rings. The molecule has 1 heterocycles. The molecule has 2 unspecified atom stereocenters. The van der Waals surface area contributed by atoms with Crippen molar-refractivity contribution >= 4 is 17.6 Å². The number of carbonyl (C=O) groups is 1. The second kappa shape index (κ2) is 5.51. The quantitative estimate of drug-likeness (QED) is 0.869. The number of nitrogens with zero attached hydrogens (tertiary/aromatic N) is 2. The zero-order valence-electron chi connectivity index (χ0n) is 11.3. The van der Waals surface area contributed by atoms with Crippen molar-refractivity contribution in [1.82, 2.24) is 15.1 Å². The average Bonchev–Trinajstić information content (AvgIpc) is 2.94. The Hall–Kier alpha value is -1.07. The molecule has 2 rings (SSSR count). The lowest BCUT2D eigenvalue weighted by Crippen LogP contribution is -2.53. The molecule has 1 aromatic heterocycles. The van der Waals surface area contributed by atoms with Crippen molar-refractivity contribution in [3.8, 4) is 0 Å². The van der Waals surface area contributed by atoms with Crippen molar-refractivity contribution < 1.29 is 9.90 Å². The molecule has 0 aliphatic heterocycles. The van der Waals surface area contributed by atoms with Crippen LogP contribution in [-0.2, 0) is 11.3 Å². The summed E-state index contributed by atoms with van der Waals surface area (Å²) in [6, 6.07) is 0. The fraction of sp³-hybridized carbons (Fsp3) is 0.692. The minimum absolute atomic E-state index is 0.136. The molecule has 0 amide bonds. The predicted octanol–water partition coefficient (Wildman–Crippen LogP) is 2.08. The zero-order valence-corrected chi connectivity index (χ0v) is 12.1. The van der Waals surface area contributed by atoms with E-state index in [9.17, 15) is 9.90 Å². The van der Waals surface area contributed by atoms with Crippen LogP contribution in [0.15, 0.2) is 6.20 Å². The molecule has 0 aromatic carbocycles. The van der Waals surface area contributed by atoms with Crippen LogP contribution < -0.4 is 5.32 Å². The van der Waals surface area contributed by atoms with Gasteiger partial charge in [-0.15, -0.1) is 0 Å². The van der Waals surface area contributed by atoms with E-state index in [1.165, 1.54) is 0 Å². The smallest absolute Gasteiger partial charge is 0.324 e. The number of nitrogens with one attached hydrogen (secondary N) is 1. The van der Waals surface area contributed by atoms with Crippen molar-refractivity contribution in [3.63, 3.8) is 0 Å². The van der Waals surface area contributed by atoms with E-state index in [0.29, 0.717) is 18.0 Å². The van der Waals surface area contributed by atoms with E-state index in [-0.39, 0.29) is 5.92 Å². The first-order chi connectivity index (χ1) is 9.01. The minimum atomic E-state index is -0.773. The number of hydrogen-bond donors (Lipinski definition) is 2. The minimum Gasteiger partial charge on any atom is -0.480 e. The number of hydrogen-bond acceptors (Lipinski definition) is 3. The van der Waals surface area contributed by atoms with Gasteiger partial charge in [0.1, 0.15) is 5.54 Å². The van der Waals surface area contributed by atoms with Gasteiger partial charge in [-0.2, -0.15) is 5.10 Å². The first-order valence-corrected chi connectivity index (χ1v) is 6.99. The molecule has 106 valence electrons. The van der Waals surface area contributed by atoms with Gasteiger partial charge in [-0.05, 0) is 39.2 Å². The molecule has 5 nitrogen and oxygen atoms in total. The molecule has 2 atom stereocenters. The summed E-state index contributed by atoms with van der Waals surface area (Å²) in [5.74, 6) is -0.606. The molecule has 0 bridgehead atoms. The molecule has 0 spiro atoms. The third-order valence-corrected chi connectivity index (χ3v) is 4.75. The lowest BCUT2D eigenvalue weighted by Gasteiger charge is -2.31. The van der Waals surface area contributed by atoms with Gasteiger partial charge in [0, 0.05) is 6.54 Å². The highest BCUT2D eigenvalue weighted by atomic mass is 35.5. The molecule has 6 heteroatoms. The molecule has 1 saturated carbocycles. The fourth-order valence-corrected chi connectivity index (χ4v) is 3.25. The third kappa shape index (κ3) is 2.49. The van der Waals surface area contributed by atoms with Crippen molar-refractivity contribution in [3.05, 3.63) is 16.9 Å². The Kier molecular flexibility index (Phi) is 4.16. The Morgan fingerprint density at radius 2 is 2.47 bits per heavy atom. The van der Waals surface area contributed by atoms with E-state index < -0.39 is 11.5 Å². The van der Waals surface area contributed by atoms with Gasteiger partial charge >= 0.3 is 5.97 Å². The SMILES string of the molecule is CNC1(C(=O)O)CCCC1CCn1ncc(Cl)c1C. The number of aromatic nitrogens is 2. The number of aryl methyl sites for hydroxylation is 1. The predicted molar refractivity (Wildman–Crippen MR) is 73.4 cm³/mol. The van der Waals surface area contributed by atoms with Gasteiger partial charge in [0.05, 0.1) is 16.9 Å². The molecule has 1 aliphatic rings. The van der Waals surface area contributed by atoms with Gasteiger partial charge in [0.25, 0.3) is 0 Å². The number of aliphatic carboxylic acids is 1. The van der Waals surface area contributed by atoms with Crippen LogP contribution in [0.4, 0.5) is 0 Å². The number of halogens is 1. The molecule has 0 saturated heterocycles. The summed E-state index contributed by atoms with van der Waals surface area (Å²) in [5, 5.41) is 17.4. The van der Waals surface area contributed by atoms with Crippen LogP contribution in [0.5, 0.6) is 0 Å². The normalized spacial score (nSPS) is 26.8. The van der Waals surface area contributed by atoms with E-state index in [0.717, 1.165) is 25.0 Å². The summed E-state index contributed by atoms with van der Waals surface area (Å²) in [7, 11) is 1.74. The van der Waals surface area contributed by atoms with E-state index >= 15 is 0 Å². The van der Waals surface area contributed by atoms with Crippen molar-refractivity contribution in [2.45, 2.75) is 44.7 Å². The van der Waals surface area contributed by atoms with Crippen molar-refractivity contribution in [2.24, 2.45) is 5.92 Å². The summed E-state index contributed by atoms with van der Waals surface area (Å²) >= 11 is 5.97. The fourth-order valence-electron chi connectivity index (χ4n) is 3.11. The molecule has 0 radical (unpaired) electrons. The summed E-state index contributed by atoms with van der Waals surface area (Å²) < 4.78 is 1.85. The Bertz CT molecular complexity index is 474. The standard InChI is InChI=1S/C13H20ClN3O2/c1-9-11(14)8-16-17(9)7-5-10-4-3-6-13(10,15-2)12(18)19/h8,10,15H,3-7H2,1-2H3,(H,18,19). The molecule has 19 heavy (non-hydrogen) atoms. The van der Waals surface area contributed by atoms with Crippen LogP contribution in [0, 0.1) is 12.8 Å². The molecular weight excluding hydrogens is 266 g/mol. The topological polar surface area (TPSA) is 67.2 Å². The van der Waals surface area contributed by atoms with Gasteiger partial charge in [0.15, 0.2) is 0 Å². The average molecular weight is 286 g/mol. The van der Waals surface area contributed by atoms with Crippen LogP contribution in [0.3, 0.4) is 0 Å². The van der Waals surface area contributed by atoms with E-state index in [4.69, 9.17) is 11.6 Å². The van der Waals surface area contributed by atoms with Gasteiger partial charge in [-0.3, -0.25) is 9.48 Å². The van der Waals surface area contributed by atoms with E-state index in [1.54, 1.807) is 13.2 Å². The molecule has 1 aromatic rings. The monoisotopic (exact) mass is 285 g/mol. The second-order valence-corrected chi connectivity index (χ2v) is 5.61. The summed E-state index contributed by atoms with van der Waals surface area (Å²) in [5.41, 5.74) is 0.162. The van der Waals surface area contributed by atoms with Crippen molar-refractivity contribution in [1.29, 1.82) is 0 Å². The first kappa shape index (κ1) is 14.3. The van der Waals surface area contributed by atoms with Crippen LogP contribution in [0.1, 0.15) is 31.4 Å². The molecule has 2 N–H and O–H groups in total.